The minimum Gasteiger partial charge on any atom is -0.469 e. The van der Waals surface area contributed by atoms with E-state index in [0.717, 1.165) is 24.7 Å². The van der Waals surface area contributed by atoms with Gasteiger partial charge in [0, 0.05) is 0 Å². The Kier molecular flexibility index (Phi) is 8.26. The summed E-state index contributed by atoms with van der Waals surface area (Å²) in [4.78, 5) is 11.5. The normalized spacial score (nSPS) is 25.0. The lowest BCUT2D eigenvalue weighted by atomic mass is 9.63. The highest BCUT2D eigenvalue weighted by molar-refractivity contribution is 5.72. The van der Waals surface area contributed by atoms with Crippen LogP contribution in [0.15, 0.2) is 0 Å². The van der Waals surface area contributed by atoms with Crippen LogP contribution in [0.3, 0.4) is 0 Å². The average Bonchev–Trinajstić information content (AvgIpc) is 2.47. The molecular weight excluding hydrogens is 244 g/mol. The van der Waals surface area contributed by atoms with Gasteiger partial charge in [0.05, 0.1) is 13.0 Å². The summed E-state index contributed by atoms with van der Waals surface area (Å²) in [7, 11) is 1.50. The molecule has 0 radical (unpaired) electrons. The van der Waals surface area contributed by atoms with Gasteiger partial charge in [-0.2, -0.15) is 0 Å². The Morgan fingerprint density at radius 2 is 1.74 bits per heavy atom. The molecule has 1 aliphatic carbocycles. The number of rotatable bonds is 4. The second-order valence-electron chi connectivity index (χ2n) is 6.20. The van der Waals surface area contributed by atoms with E-state index in [9.17, 15) is 4.79 Å². The zero-order valence-corrected chi connectivity index (χ0v) is 13.0. The molecule has 0 spiro atoms. The van der Waals surface area contributed by atoms with Crippen LogP contribution in [0.4, 0.5) is 0 Å². The van der Waals surface area contributed by atoms with E-state index in [1.165, 1.54) is 26.4 Å². The Hall–Kier alpha value is -0.610. The molecule has 2 N–H and O–H groups in total. The molecule has 19 heavy (non-hydrogen) atoms. The zero-order chi connectivity index (χ0) is 15.1. The van der Waals surface area contributed by atoms with Crippen LogP contribution in [0.2, 0.25) is 0 Å². The lowest BCUT2D eigenvalue weighted by Crippen LogP contribution is -2.35. The van der Waals surface area contributed by atoms with Gasteiger partial charge in [-0.05, 0) is 42.9 Å². The summed E-state index contributed by atoms with van der Waals surface area (Å²) >= 11 is 0. The van der Waals surface area contributed by atoms with E-state index in [-0.39, 0.29) is 11.9 Å². The molecule has 1 aliphatic rings. The van der Waals surface area contributed by atoms with Crippen LogP contribution in [0, 0.1) is 23.2 Å². The van der Waals surface area contributed by atoms with Crippen molar-refractivity contribution in [2.24, 2.45) is 23.2 Å². The van der Waals surface area contributed by atoms with Crippen molar-refractivity contribution in [1.82, 2.24) is 0 Å². The van der Waals surface area contributed by atoms with Crippen molar-refractivity contribution in [3.8, 4) is 0 Å². The molecule has 0 heterocycles. The van der Waals surface area contributed by atoms with Gasteiger partial charge in [0.25, 0.3) is 0 Å². The van der Waals surface area contributed by atoms with Crippen LogP contribution in [0.5, 0.6) is 0 Å². The summed E-state index contributed by atoms with van der Waals surface area (Å²) in [5, 5.41) is 12.0. The Morgan fingerprint density at radius 3 is 2.11 bits per heavy atom. The van der Waals surface area contributed by atoms with Gasteiger partial charge >= 0.3 is 5.97 Å². The molecule has 1 unspecified atom stereocenters. The van der Waals surface area contributed by atoms with Crippen LogP contribution in [-0.4, -0.2) is 23.6 Å². The van der Waals surface area contributed by atoms with Crippen molar-refractivity contribution >= 4 is 5.97 Å². The highest BCUT2D eigenvalue weighted by Gasteiger charge is 2.37. The van der Waals surface area contributed by atoms with Gasteiger partial charge in [-0.25, -0.2) is 0 Å². The predicted octanol–water partition coefficient (Wildman–Crippen LogP) is 4.06. The number of hydrogen-bond acceptors (Lipinski definition) is 4. The standard InChI is InChI=1S/C15H28O2.H2O2/c1-6-11(2)15(3,4)13-9-7-12(8-10-13)14(16)17-5;1-2/h11-13H,6-10H2,1-5H3;1-2H. The van der Waals surface area contributed by atoms with Crippen LogP contribution >= 0.6 is 0 Å². The fourth-order valence-electron chi connectivity index (χ4n) is 3.17. The second-order valence-corrected chi connectivity index (χ2v) is 6.20. The van der Waals surface area contributed by atoms with Crippen molar-refractivity contribution < 1.29 is 20.0 Å². The van der Waals surface area contributed by atoms with E-state index in [2.05, 4.69) is 27.7 Å². The third-order valence-corrected chi connectivity index (χ3v) is 5.20. The van der Waals surface area contributed by atoms with Crippen molar-refractivity contribution in [1.29, 1.82) is 0 Å². The maximum atomic E-state index is 11.5. The zero-order valence-electron chi connectivity index (χ0n) is 13.0. The molecular formula is C15H30O4. The van der Waals surface area contributed by atoms with Crippen molar-refractivity contribution in [2.45, 2.75) is 59.8 Å². The molecule has 0 aromatic carbocycles. The average molecular weight is 274 g/mol. The summed E-state index contributed by atoms with van der Waals surface area (Å²) in [5.41, 5.74) is 0.399. The summed E-state index contributed by atoms with van der Waals surface area (Å²) in [6.07, 6.45) is 5.62. The van der Waals surface area contributed by atoms with E-state index in [1.54, 1.807) is 0 Å². The van der Waals surface area contributed by atoms with Crippen molar-refractivity contribution in [3.05, 3.63) is 0 Å². The third-order valence-electron chi connectivity index (χ3n) is 5.20. The van der Waals surface area contributed by atoms with E-state index < -0.39 is 0 Å². The summed E-state index contributed by atoms with van der Waals surface area (Å²) in [5.74, 6) is 1.66. The molecule has 4 nitrogen and oxygen atoms in total. The fourth-order valence-corrected chi connectivity index (χ4v) is 3.17. The van der Waals surface area contributed by atoms with Gasteiger partial charge < -0.3 is 4.74 Å². The maximum absolute atomic E-state index is 11.5. The molecule has 0 aliphatic heterocycles. The minimum atomic E-state index is -0.00945. The molecule has 4 heteroatoms. The van der Waals surface area contributed by atoms with Crippen molar-refractivity contribution in [3.63, 3.8) is 0 Å². The summed E-state index contributed by atoms with van der Waals surface area (Å²) in [6.45, 7) is 9.41. The first kappa shape index (κ1) is 18.4. The van der Waals surface area contributed by atoms with Crippen LogP contribution in [0.25, 0.3) is 0 Å². The molecule has 1 fully saturated rings. The molecule has 1 atom stereocenters. The number of esters is 1. The molecule has 0 amide bonds. The van der Waals surface area contributed by atoms with Gasteiger partial charge in [0.1, 0.15) is 0 Å². The van der Waals surface area contributed by atoms with E-state index >= 15 is 0 Å². The van der Waals surface area contributed by atoms with Crippen LogP contribution in [0.1, 0.15) is 59.8 Å². The largest absolute Gasteiger partial charge is 0.469 e. The van der Waals surface area contributed by atoms with Gasteiger partial charge in [-0.1, -0.05) is 34.1 Å². The van der Waals surface area contributed by atoms with E-state index in [4.69, 9.17) is 15.3 Å². The second kappa shape index (κ2) is 8.54. The predicted molar refractivity (Wildman–Crippen MR) is 76.0 cm³/mol. The monoisotopic (exact) mass is 274 g/mol. The first-order valence-electron chi connectivity index (χ1n) is 7.21. The molecule has 0 saturated heterocycles. The summed E-state index contributed by atoms with van der Waals surface area (Å²) < 4.78 is 4.84. The van der Waals surface area contributed by atoms with E-state index in [1.807, 2.05) is 0 Å². The van der Waals surface area contributed by atoms with Gasteiger partial charge in [-0.3, -0.25) is 15.3 Å². The Morgan fingerprint density at radius 1 is 1.26 bits per heavy atom. The molecule has 1 rings (SSSR count). The lowest BCUT2D eigenvalue weighted by Gasteiger charge is -2.42. The first-order chi connectivity index (χ1) is 8.93. The van der Waals surface area contributed by atoms with Gasteiger partial charge in [-0.15, -0.1) is 0 Å². The highest BCUT2D eigenvalue weighted by Crippen LogP contribution is 2.45. The SMILES string of the molecule is CCC(C)C(C)(C)C1CCC(C(=O)OC)CC1.OO. The molecule has 114 valence electrons. The van der Waals surface area contributed by atoms with Crippen molar-refractivity contribution in [2.75, 3.05) is 7.11 Å². The molecule has 1 saturated carbocycles. The molecule has 0 bridgehead atoms. The van der Waals surface area contributed by atoms with Gasteiger partial charge in [0.2, 0.25) is 0 Å². The number of methoxy groups -OCH3 is 1. The van der Waals surface area contributed by atoms with Gasteiger partial charge in [0.15, 0.2) is 0 Å². The Bertz CT molecular complexity index is 255. The number of ether oxygens (including phenoxy) is 1. The number of carbonyl (C=O) groups excluding carboxylic acids is 1. The highest BCUT2D eigenvalue weighted by atomic mass is 17.0. The van der Waals surface area contributed by atoms with Crippen LogP contribution < -0.4 is 0 Å². The number of carbonyl (C=O) groups is 1. The minimum absolute atomic E-state index is 0.00945. The molecule has 0 aromatic heterocycles. The van der Waals surface area contributed by atoms with Crippen LogP contribution in [-0.2, 0) is 9.53 Å². The first-order valence-corrected chi connectivity index (χ1v) is 7.21. The lowest BCUT2D eigenvalue weighted by molar-refractivity contribution is -0.176. The number of hydrogen-bond donors (Lipinski definition) is 2. The summed E-state index contributed by atoms with van der Waals surface area (Å²) in [6, 6.07) is 0. The smallest absolute Gasteiger partial charge is 0.308 e. The maximum Gasteiger partial charge on any atom is 0.308 e. The molecule has 0 aromatic rings. The topological polar surface area (TPSA) is 66.8 Å². The quantitative estimate of drug-likeness (QED) is 0.461. The fraction of sp³-hybridized carbons (Fsp3) is 0.933. The Labute approximate surface area is 117 Å². The Balaban J connectivity index is 0.00000154. The third kappa shape index (κ3) is 4.77. The van der Waals surface area contributed by atoms with E-state index in [0.29, 0.717) is 5.41 Å².